The van der Waals surface area contributed by atoms with E-state index < -0.39 is 10.2 Å². The third-order valence-corrected chi connectivity index (χ3v) is 4.97. The Hall–Kier alpha value is -0.170. The predicted octanol–water partition coefficient (Wildman–Crippen LogP) is 0.0571. The van der Waals surface area contributed by atoms with Crippen LogP contribution in [0, 0.1) is 0 Å². The second-order valence-corrected chi connectivity index (χ2v) is 6.48. The van der Waals surface area contributed by atoms with E-state index in [4.69, 9.17) is 0 Å². The summed E-state index contributed by atoms with van der Waals surface area (Å²) >= 11 is 0. The lowest BCUT2D eigenvalue weighted by Crippen LogP contribution is -2.51. The monoisotopic (exact) mass is 247 g/mol. The number of hydrogen-bond donors (Lipinski definition) is 2. The van der Waals surface area contributed by atoms with Gasteiger partial charge in [-0.3, -0.25) is 0 Å². The Bertz CT molecular complexity index is 327. The zero-order valence-electron chi connectivity index (χ0n) is 9.78. The van der Waals surface area contributed by atoms with Gasteiger partial charge in [-0.2, -0.15) is 12.7 Å². The molecule has 0 aromatic heterocycles. The Morgan fingerprint density at radius 2 is 2.00 bits per heavy atom. The van der Waals surface area contributed by atoms with Gasteiger partial charge in [-0.15, -0.1) is 0 Å². The Morgan fingerprint density at radius 3 is 2.62 bits per heavy atom. The average Bonchev–Trinajstić information content (AvgIpc) is 3.10. The molecule has 2 N–H and O–H groups in total. The SMILES string of the molecule is CNS(=O)(=O)N1CCCCC1CNC1CC1. The molecule has 5 nitrogen and oxygen atoms in total. The molecule has 94 valence electrons. The lowest BCUT2D eigenvalue weighted by molar-refractivity contribution is 0.243. The van der Waals surface area contributed by atoms with Gasteiger partial charge in [-0.05, 0) is 25.7 Å². The number of nitrogens with one attached hydrogen (secondary N) is 2. The van der Waals surface area contributed by atoms with Crippen molar-refractivity contribution in [2.45, 2.75) is 44.2 Å². The molecule has 1 aliphatic carbocycles. The van der Waals surface area contributed by atoms with E-state index in [1.165, 1.54) is 19.9 Å². The normalized spacial score (nSPS) is 28.2. The van der Waals surface area contributed by atoms with E-state index in [1.54, 1.807) is 4.31 Å². The zero-order chi connectivity index (χ0) is 11.6. The second kappa shape index (κ2) is 5.00. The highest BCUT2D eigenvalue weighted by Gasteiger charge is 2.32. The second-order valence-electron chi connectivity index (χ2n) is 4.65. The van der Waals surface area contributed by atoms with Gasteiger partial charge in [0.25, 0.3) is 10.2 Å². The zero-order valence-corrected chi connectivity index (χ0v) is 10.6. The molecule has 1 saturated heterocycles. The minimum Gasteiger partial charge on any atom is -0.312 e. The maximum Gasteiger partial charge on any atom is 0.279 e. The first kappa shape index (κ1) is 12.3. The van der Waals surface area contributed by atoms with Crippen LogP contribution in [0.5, 0.6) is 0 Å². The van der Waals surface area contributed by atoms with Crippen molar-refractivity contribution in [2.75, 3.05) is 20.1 Å². The van der Waals surface area contributed by atoms with Crippen molar-refractivity contribution >= 4 is 10.2 Å². The molecule has 2 fully saturated rings. The molecule has 0 bridgehead atoms. The summed E-state index contributed by atoms with van der Waals surface area (Å²) in [6, 6.07) is 0.771. The van der Waals surface area contributed by atoms with Gasteiger partial charge in [0.05, 0.1) is 0 Å². The molecular weight excluding hydrogens is 226 g/mol. The molecular formula is C10H21N3O2S. The van der Waals surface area contributed by atoms with Gasteiger partial charge in [-0.1, -0.05) is 6.42 Å². The van der Waals surface area contributed by atoms with E-state index in [0.29, 0.717) is 12.6 Å². The fraction of sp³-hybridized carbons (Fsp3) is 1.00. The summed E-state index contributed by atoms with van der Waals surface area (Å²) in [5.41, 5.74) is 0. The first-order valence-corrected chi connectivity index (χ1v) is 7.51. The molecule has 16 heavy (non-hydrogen) atoms. The fourth-order valence-corrected chi connectivity index (χ4v) is 3.38. The Balaban J connectivity index is 1.95. The summed E-state index contributed by atoms with van der Waals surface area (Å²) in [5, 5.41) is 3.42. The van der Waals surface area contributed by atoms with E-state index in [0.717, 1.165) is 25.8 Å². The minimum atomic E-state index is -3.25. The predicted molar refractivity (Wildman–Crippen MR) is 63.3 cm³/mol. The molecule has 0 amide bonds. The number of rotatable bonds is 5. The van der Waals surface area contributed by atoms with Gasteiger partial charge < -0.3 is 5.32 Å². The lowest BCUT2D eigenvalue weighted by atomic mass is 10.1. The summed E-state index contributed by atoms with van der Waals surface area (Å²) in [6.45, 7) is 1.45. The van der Waals surface area contributed by atoms with E-state index in [-0.39, 0.29) is 6.04 Å². The van der Waals surface area contributed by atoms with Crippen molar-refractivity contribution in [3.05, 3.63) is 0 Å². The number of hydrogen-bond acceptors (Lipinski definition) is 3. The first-order chi connectivity index (χ1) is 7.63. The van der Waals surface area contributed by atoms with Crippen molar-refractivity contribution in [2.24, 2.45) is 0 Å². The molecule has 2 aliphatic rings. The largest absolute Gasteiger partial charge is 0.312 e. The standard InChI is InChI=1S/C10H21N3O2S/c1-11-16(14,15)13-7-3-2-4-10(13)8-12-9-5-6-9/h9-12H,2-8H2,1H3. The molecule has 0 aromatic rings. The van der Waals surface area contributed by atoms with Crippen LogP contribution in [0.15, 0.2) is 0 Å². The Labute approximate surface area is 97.8 Å². The lowest BCUT2D eigenvalue weighted by Gasteiger charge is -2.34. The van der Waals surface area contributed by atoms with Gasteiger partial charge in [0, 0.05) is 32.2 Å². The van der Waals surface area contributed by atoms with Gasteiger partial charge in [0.2, 0.25) is 0 Å². The summed E-state index contributed by atoms with van der Waals surface area (Å²) in [5.74, 6) is 0. The maximum absolute atomic E-state index is 11.8. The van der Waals surface area contributed by atoms with Gasteiger partial charge >= 0.3 is 0 Å². The van der Waals surface area contributed by atoms with Crippen LogP contribution in [0.2, 0.25) is 0 Å². The Morgan fingerprint density at radius 1 is 1.25 bits per heavy atom. The van der Waals surface area contributed by atoms with E-state index >= 15 is 0 Å². The molecule has 0 spiro atoms. The molecule has 1 aliphatic heterocycles. The van der Waals surface area contributed by atoms with Gasteiger partial charge in [0.1, 0.15) is 0 Å². The fourth-order valence-electron chi connectivity index (χ4n) is 2.20. The summed E-state index contributed by atoms with van der Waals surface area (Å²) in [7, 11) is -1.77. The molecule has 0 aromatic carbocycles. The molecule has 1 heterocycles. The molecule has 6 heteroatoms. The third kappa shape index (κ3) is 2.94. The molecule has 2 rings (SSSR count). The topological polar surface area (TPSA) is 61.4 Å². The molecule has 1 atom stereocenters. The van der Waals surface area contributed by atoms with E-state index in [9.17, 15) is 8.42 Å². The summed E-state index contributed by atoms with van der Waals surface area (Å²) in [4.78, 5) is 0. The molecule has 1 unspecified atom stereocenters. The van der Waals surface area contributed by atoms with Crippen LogP contribution in [-0.4, -0.2) is 44.9 Å². The van der Waals surface area contributed by atoms with E-state index in [1.807, 2.05) is 0 Å². The minimum absolute atomic E-state index is 0.131. The van der Waals surface area contributed by atoms with Crippen molar-refractivity contribution in [1.82, 2.24) is 14.3 Å². The van der Waals surface area contributed by atoms with Crippen LogP contribution < -0.4 is 10.0 Å². The van der Waals surface area contributed by atoms with Crippen molar-refractivity contribution in [3.8, 4) is 0 Å². The van der Waals surface area contributed by atoms with Crippen LogP contribution in [0.4, 0.5) is 0 Å². The maximum atomic E-state index is 11.8. The van der Waals surface area contributed by atoms with Crippen LogP contribution in [-0.2, 0) is 10.2 Å². The van der Waals surface area contributed by atoms with Gasteiger partial charge in [-0.25, -0.2) is 4.72 Å². The van der Waals surface area contributed by atoms with Crippen LogP contribution >= 0.6 is 0 Å². The van der Waals surface area contributed by atoms with Crippen molar-refractivity contribution in [3.63, 3.8) is 0 Å². The highest BCUT2D eigenvalue weighted by molar-refractivity contribution is 7.87. The molecule has 0 radical (unpaired) electrons. The van der Waals surface area contributed by atoms with Crippen LogP contribution in [0.25, 0.3) is 0 Å². The quantitative estimate of drug-likeness (QED) is 0.722. The van der Waals surface area contributed by atoms with Gasteiger partial charge in [0.15, 0.2) is 0 Å². The smallest absolute Gasteiger partial charge is 0.279 e. The number of nitrogens with zero attached hydrogens (tertiary/aromatic N) is 1. The van der Waals surface area contributed by atoms with Crippen molar-refractivity contribution < 1.29 is 8.42 Å². The highest BCUT2D eigenvalue weighted by Crippen LogP contribution is 2.22. The Kier molecular flexibility index (Phi) is 3.84. The highest BCUT2D eigenvalue weighted by atomic mass is 32.2. The summed E-state index contributed by atoms with van der Waals surface area (Å²) in [6.07, 6.45) is 5.56. The van der Waals surface area contributed by atoms with Crippen LogP contribution in [0.3, 0.4) is 0 Å². The van der Waals surface area contributed by atoms with Crippen LogP contribution in [0.1, 0.15) is 32.1 Å². The average molecular weight is 247 g/mol. The molecule has 1 saturated carbocycles. The summed E-state index contributed by atoms with van der Waals surface area (Å²) < 4.78 is 27.7. The third-order valence-electron chi connectivity index (χ3n) is 3.36. The number of piperidine rings is 1. The van der Waals surface area contributed by atoms with Crippen molar-refractivity contribution in [1.29, 1.82) is 0 Å². The van der Waals surface area contributed by atoms with E-state index in [2.05, 4.69) is 10.0 Å². The first-order valence-electron chi connectivity index (χ1n) is 6.07.